The normalized spacial score (nSPS) is 17.3. The Bertz CT molecular complexity index is 1220. The van der Waals surface area contributed by atoms with Gasteiger partial charge in [-0.2, -0.15) is 0 Å². The summed E-state index contributed by atoms with van der Waals surface area (Å²) in [7, 11) is -2.71. The van der Waals surface area contributed by atoms with Crippen molar-refractivity contribution >= 4 is 16.0 Å². The fraction of sp³-hybridized carbons (Fsp3) is 0.333. The maximum absolute atomic E-state index is 14.2. The molecule has 0 bridgehead atoms. The molecule has 0 radical (unpaired) electrons. The number of methoxy groups -OCH3 is 1. The first kappa shape index (κ1) is 22.0. The van der Waals surface area contributed by atoms with Gasteiger partial charge in [-0.25, -0.2) is 12.8 Å². The van der Waals surface area contributed by atoms with Crippen molar-refractivity contribution in [2.24, 2.45) is 0 Å². The van der Waals surface area contributed by atoms with E-state index in [4.69, 9.17) is 9.47 Å². The van der Waals surface area contributed by atoms with Crippen molar-refractivity contribution in [2.45, 2.75) is 31.1 Å². The number of nitrogens with zero attached hydrogens (tertiary/aromatic N) is 3. The van der Waals surface area contributed by atoms with Crippen LogP contribution in [0, 0.1) is 5.82 Å². The average molecular weight is 463 g/mol. The van der Waals surface area contributed by atoms with Crippen LogP contribution in [0.15, 0.2) is 42.5 Å². The molecule has 1 aliphatic heterocycles. The van der Waals surface area contributed by atoms with Gasteiger partial charge < -0.3 is 14.6 Å². The summed E-state index contributed by atoms with van der Waals surface area (Å²) < 4.78 is 55.3. The maximum Gasteiger partial charge on any atom is 0.243 e. The number of halogens is 1. The van der Waals surface area contributed by atoms with Gasteiger partial charge >= 0.3 is 0 Å². The van der Waals surface area contributed by atoms with E-state index in [1.807, 2.05) is 0 Å². The Hall–Kier alpha value is -3.18. The van der Waals surface area contributed by atoms with Crippen LogP contribution >= 0.6 is 0 Å². The molecule has 0 unspecified atom stereocenters. The van der Waals surface area contributed by atoms with Crippen LogP contribution < -0.4 is 9.46 Å². The number of phenols is 1. The molecule has 1 saturated heterocycles. The van der Waals surface area contributed by atoms with Gasteiger partial charge in [-0.1, -0.05) is 24.3 Å². The molecule has 9 nitrogen and oxygen atoms in total. The maximum atomic E-state index is 14.2. The zero-order valence-electron chi connectivity index (χ0n) is 17.5. The topological polar surface area (TPSA) is 116 Å². The van der Waals surface area contributed by atoms with E-state index >= 15 is 0 Å². The highest BCUT2D eigenvalue weighted by Gasteiger charge is 2.32. The minimum atomic E-state index is -4.14. The lowest BCUT2D eigenvalue weighted by Gasteiger charge is -2.19. The SMILES string of the molecule is COc1cccc(O)c1-n1c(NS(=O)(=O)[C@H](C)c2ccccc2F)nnc1[C@H]1CCCO1. The first-order valence-electron chi connectivity index (χ1n) is 10.0. The van der Waals surface area contributed by atoms with Crippen LogP contribution in [0.5, 0.6) is 11.5 Å². The van der Waals surface area contributed by atoms with Gasteiger partial charge in [-0.05, 0) is 38.0 Å². The molecule has 1 fully saturated rings. The van der Waals surface area contributed by atoms with E-state index in [0.717, 1.165) is 6.42 Å². The van der Waals surface area contributed by atoms with Crippen LogP contribution in [0.4, 0.5) is 10.3 Å². The van der Waals surface area contributed by atoms with E-state index in [1.54, 1.807) is 18.2 Å². The van der Waals surface area contributed by atoms with Gasteiger partial charge in [0.15, 0.2) is 5.82 Å². The number of hydrogen-bond acceptors (Lipinski definition) is 7. The van der Waals surface area contributed by atoms with Crippen molar-refractivity contribution < 1.29 is 27.4 Å². The third kappa shape index (κ3) is 4.00. The van der Waals surface area contributed by atoms with Crippen LogP contribution in [0.2, 0.25) is 0 Å². The van der Waals surface area contributed by atoms with E-state index in [2.05, 4.69) is 14.9 Å². The van der Waals surface area contributed by atoms with Crippen LogP contribution in [0.25, 0.3) is 5.69 Å². The number of benzene rings is 2. The van der Waals surface area contributed by atoms with E-state index in [9.17, 15) is 17.9 Å². The molecule has 0 aliphatic carbocycles. The van der Waals surface area contributed by atoms with Gasteiger partial charge in [0.1, 0.15) is 34.4 Å². The predicted molar refractivity (Wildman–Crippen MR) is 115 cm³/mol. The standard InChI is InChI=1S/C21H23FN4O5S/c1-13(14-7-3-4-8-15(14)22)32(28,29)25-21-24-23-20(18-11-6-12-31-18)26(21)19-16(27)9-5-10-17(19)30-2/h3-5,7-10,13,18,27H,6,11-12H2,1-2H3,(H,24,25)/t13-,18-/m1/s1. The lowest BCUT2D eigenvalue weighted by atomic mass is 10.1. The Kier molecular flexibility index (Phi) is 6.02. The Labute approximate surface area is 184 Å². The predicted octanol–water partition coefficient (Wildman–Crippen LogP) is 3.48. The fourth-order valence-electron chi connectivity index (χ4n) is 3.66. The van der Waals surface area contributed by atoms with Crippen LogP contribution in [-0.4, -0.2) is 42.0 Å². The number of sulfonamides is 1. The van der Waals surface area contributed by atoms with Crippen LogP contribution in [-0.2, 0) is 14.8 Å². The first-order valence-corrected chi connectivity index (χ1v) is 11.6. The van der Waals surface area contributed by atoms with E-state index in [0.29, 0.717) is 18.9 Å². The third-order valence-corrected chi connectivity index (χ3v) is 7.02. The molecule has 170 valence electrons. The summed E-state index contributed by atoms with van der Waals surface area (Å²) in [5.74, 6) is -0.357. The molecule has 4 rings (SSSR count). The van der Waals surface area contributed by atoms with E-state index in [1.165, 1.54) is 42.9 Å². The summed E-state index contributed by atoms with van der Waals surface area (Å²) >= 11 is 0. The highest BCUT2D eigenvalue weighted by Crippen LogP contribution is 2.39. The highest BCUT2D eigenvalue weighted by atomic mass is 32.2. The van der Waals surface area contributed by atoms with Crippen molar-refractivity contribution in [1.29, 1.82) is 0 Å². The molecule has 32 heavy (non-hydrogen) atoms. The Morgan fingerprint density at radius 1 is 1.25 bits per heavy atom. The van der Waals surface area contributed by atoms with Crippen molar-refractivity contribution in [2.75, 3.05) is 18.4 Å². The van der Waals surface area contributed by atoms with Gasteiger partial charge in [0, 0.05) is 12.2 Å². The quantitative estimate of drug-likeness (QED) is 0.552. The second-order valence-electron chi connectivity index (χ2n) is 7.36. The molecule has 0 spiro atoms. The number of phenolic OH excluding ortho intramolecular Hbond substituents is 1. The van der Waals surface area contributed by atoms with E-state index < -0.39 is 27.2 Å². The molecule has 3 aromatic rings. The molecule has 2 atom stereocenters. The molecule has 2 aromatic carbocycles. The number of nitrogens with one attached hydrogen (secondary N) is 1. The largest absolute Gasteiger partial charge is 0.506 e. The fourth-order valence-corrected chi connectivity index (χ4v) is 4.75. The molecular weight excluding hydrogens is 439 g/mol. The second kappa shape index (κ2) is 8.75. The third-order valence-electron chi connectivity index (χ3n) is 5.37. The van der Waals surface area contributed by atoms with Crippen molar-refractivity contribution in [3.05, 3.63) is 59.7 Å². The molecule has 2 heterocycles. The van der Waals surface area contributed by atoms with Crippen molar-refractivity contribution in [3.8, 4) is 17.2 Å². The number of para-hydroxylation sites is 1. The zero-order valence-corrected chi connectivity index (χ0v) is 18.3. The molecule has 11 heteroatoms. The average Bonchev–Trinajstić information content (AvgIpc) is 3.43. The minimum Gasteiger partial charge on any atom is -0.506 e. The van der Waals surface area contributed by atoms with E-state index in [-0.39, 0.29) is 28.7 Å². The number of rotatable bonds is 7. The Morgan fingerprint density at radius 3 is 2.72 bits per heavy atom. The summed E-state index contributed by atoms with van der Waals surface area (Å²) in [6.45, 7) is 1.91. The van der Waals surface area contributed by atoms with Gasteiger partial charge in [-0.15, -0.1) is 10.2 Å². The van der Waals surface area contributed by atoms with Gasteiger partial charge in [-0.3, -0.25) is 9.29 Å². The summed E-state index contributed by atoms with van der Waals surface area (Å²) in [4.78, 5) is 0. The molecular formula is C21H23FN4O5S. The Balaban J connectivity index is 1.81. The van der Waals surface area contributed by atoms with Crippen LogP contribution in [0.3, 0.4) is 0 Å². The highest BCUT2D eigenvalue weighted by molar-refractivity contribution is 7.92. The lowest BCUT2D eigenvalue weighted by molar-refractivity contribution is 0.103. The van der Waals surface area contributed by atoms with Crippen molar-refractivity contribution in [3.63, 3.8) is 0 Å². The molecule has 1 aliphatic rings. The number of ether oxygens (including phenoxy) is 2. The lowest BCUT2D eigenvalue weighted by Crippen LogP contribution is -2.22. The summed E-state index contributed by atoms with van der Waals surface area (Å²) in [6.07, 6.45) is 1.03. The van der Waals surface area contributed by atoms with Gasteiger partial charge in [0.25, 0.3) is 0 Å². The molecule has 2 N–H and O–H groups in total. The molecule has 0 saturated carbocycles. The first-order chi connectivity index (χ1) is 15.3. The smallest absolute Gasteiger partial charge is 0.243 e. The summed E-state index contributed by atoms with van der Waals surface area (Å²) in [5.41, 5.74) is 0.187. The Morgan fingerprint density at radius 2 is 2.03 bits per heavy atom. The summed E-state index contributed by atoms with van der Waals surface area (Å²) in [6, 6.07) is 10.3. The molecule has 0 amide bonds. The number of aromatic hydroxyl groups is 1. The van der Waals surface area contributed by atoms with Gasteiger partial charge in [0.2, 0.25) is 16.0 Å². The second-order valence-corrected chi connectivity index (χ2v) is 9.36. The molecule has 1 aromatic heterocycles. The zero-order chi connectivity index (χ0) is 22.9. The van der Waals surface area contributed by atoms with Gasteiger partial charge in [0.05, 0.1) is 7.11 Å². The number of aromatic nitrogens is 3. The van der Waals surface area contributed by atoms with Crippen molar-refractivity contribution in [1.82, 2.24) is 14.8 Å². The number of hydrogen-bond donors (Lipinski definition) is 2. The minimum absolute atomic E-state index is 0.0190. The summed E-state index contributed by atoms with van der Waals surface area (Å²) in [5, 5.41) is 17.5. The number of anilines is 1. The monoisotopic (exact) mass is 462 g/mol. The van der Waals surface area contributed by atoms with Crippen LogP contribution in [0.1, 0.15) is 42.5 Å².